The molecule has 0 unspecified atom stereocenters. The summed E-state index contributed by atoms with van der Waals surface area (Å²) in [6.45, 7) is 0. The predicted octanol–water partition coefficient (Wildman–Crippen LogP) is 0.805. The van der Waals surface area contributed by atoms with Crippen molar-refractivity contribution in [3.8, 4) is 0 Å². The first kappa shape index (κ1) is 9.59. The molecule has 1 aliphatic heterocycles. The van der Waals surface area contributed by atoms with Gasteiger partial charge >= 0.3 is 0 Å². The monoisotopic (exact) mass is 197 g/mol. The summed E-state index contributed by atoms with van der Waals surface area (Å²) >= 11 is 0. The highest BCUT2D eigenvalue weighted by molar-refractivity contribution is 6.06. The molecule has 1 heterocycles. The maximum absolute atomic E-state index is 11.5. The van der Waals surface area contributed by atoms with Crippen molar-refractivity contribution in [3.05, 3.63) is 46.9 Å². The van der Waals surface area contributed by atoms with Crippen molar-refractivity contribution < 1.29 is 4.79 Å². The van der Waals surface area contributed by atoms with Gasteiger partial charge in [0.25, 0.3) is 0 Å². The zero-order chi connectivity index (χ0) is 10.5. The van der Waals surface area contributed by atoms with Crippen LogP contribution in [0.3, 0.4) is 0 Å². The molecule has 0 saturated heterocycles. The van der Waals surface area contributed by atoms with E-state index in [0.29, 0.717) is 6.42 Å². The molecule has 0 fully saturated rings. The second-order valence-corrected chi connectivity index (χ2v) is 3.30. The van der Waals surface area contributed by atoms with Crippen LogP contribution in [0.2, 0.25) is 0 Å². The maximum atomic E-state index is 11.5. The normalized spacial score (nSPS) is 15.1. The first-order chi connectivity index (χ1) is 7.36. The van der Waals surface area contributed by atoms with Gasteiger partial charge in [-0.25, -0.2) is 0 Å². The Balaban J connectivity index is 2.66. The van der Waals surface area contributed by atoms with Crippen molar-refractivity contribution in [2.75, 3.05) is 0 Å². The van der Waals surface area contributed by atoms with Gasteiger partial charge in [0.1, 0.15) is 0 Å². The fourth-order valence-electron chi connectivity index (χ4n) is 1.41. The van der Waals surface area contributed by atoms with E-state index in [1.165, 1.54) is 0 Å². The zero-order valence-electron chi connectivity index (χ0n) is 8.26. The number of hydrogen-bond donors (Lipinski definition) is 0. The van der Waals surface area contributed by atoms with Crippen molar-refractivity contribution in [2.24, 2.45) is 4.99 Å². The summed E-state index contributed by atoms with van der Waals surface area (Å²) in [6, 6.07) is 7.72. The second-order valence-electron chi connectivity index (χ2n) is 3.30. The molecule has 2 nitrogen and oxygen atoms in total. The summed E-state index contributed by atoms with van der Waals surface area (Å²) in [5.74, 6) is 0.113. The van der Waals surface area contributed by atoms with Crippen LogP contribution in [-0.2, 0) is 4.79 Å². The molecule has 2 rings (SSSR count). The van der Waals surface area contributed by atoms with Gasteiger partial charge in [0.15, 0.2) is 5.78 Å². The van der Waals surface area contributed by atoms with Crippen LogP contribution in [-0.4, -0.2) is 12.0 Å². The Hall–Kier alpha value is -1.96. The number of hydrogen-bond acceptors (Lipinski definition) is 2. The first-order valence-electron chi connectivity index (χ1n) is 4.84. The smallest absolute Gasteiger partial charge is 0.160 e. The van der Waals surface area contributed by atoms with Gasteiger partial charge in [0, 0.05) is 24.1 Å². The largest absolute Gasteiger partial charge is 0.294 e. The highest BCUT2D eigenvalue weighted by Gasteiger charge is 1.94. The van der Waals surface area contributed by atoms with Crippen LogP contribution >= 0.6 is 0 Å². The van der Waals surface area contributed by atoms with Crippen molar-refractivity contribution in [2.45, 2.75) is 6.42 Å². The minimum Gasteiger partial charge on any atom is -0.294 e. The minimum absolute atomic E-state index is 0.113. The number of nitrogens with zero attached hydrogens (tertiary/aromatic N) is 1. The van der Waals surface area contributed by atoms with E-state index in [4.69, 9.17) is 0 Å². The zero-order valence-corrected chi connectivity index (χ0v) is 8.26. The van der Waals surface area contributed by atoms with Crippen LogP contribution in [0, 0.1) is 0 Å². The molecule has 0 aromatic heterocycles. The van der Waals surface area contributed by atoms with E-state index in [-0.39, 0.29) is 5.78 Å². The molecule has 0 radical (unpaired) electrons. The average Bonchev–Trinajstić information content (AvgIpc) is 2.25. The average molecular weight is 197 g/mol. The van der Waals surface area contributed by atoms with Gasteiger partial charge in [0.05, 0.1) is 0 Å². The molecule has 0 bridgehead atoms. The molecule has 0 N–H and O–H groups in total. The summed E-state index contributed by atoms with van der Waals surface area (Å²) in [5, 5.41) is 1.90. The van der Waals surface area contributed by atoms with Crippen molar-refractivity contribution >= 4 is 24.3 Å². The van der Waals surface area contributed by atoms with Gasteiger partial charge in [-0.3, -0.25) is 9.79 Å². The lowest BCUT2D eigenvalue weighted by Crippen LogP contribution is -2.24. The number of allylic oxidation sites excluding steroid dienone is 2. The summed E-state index contributed by atoms with van der Waals surface area (Å²) in [5.41, 5.74) is 0. The Labute approximate surface area is 88.0 Å². The van der Waals surface area contributed by atoms with Crippen LogP contribution in [0.1, 0.15) is 6.42 Å². The predicted molar refractivity (Wildman–Crippen MR) is 61.9 cm³/mol. The molecule has 2 heteroatoms. The van der Waals surface area contributed by atoms with Gasteiger partial charge in [0.2, 0.25) is 0 Å². The first-order valence-corrected chi connectivity index (χ1v) is 4.84. The van der Waals surface area contributed by atoms with Gasteiger partial charge in [-0.1, -0.05) is 30.3 Å². The molecule has 0 aliphatic carbocycles. The van der Waals surface area contributed by atoms with Gasteiger partial charge in [-0.05, 0) is 17.4 Å². The quantitative estimate of drug-likeness (QED) is 0.605. The molecular formula is C13H11NO. The van der Waals surface area contributed by atoms with Gasteiger partial charge in [-0.15, -0.1) is 0 Å². The van der Waals surface area contributed by atoms with Crippen LogP contribution in [0.25, 0.3) is 12.3 Å². The fourth-order valence-corrected chi connectivity index (χ4v) is 1.41. The lowest BCUT2D eigenvalue weighted by Gasteiger charge is -1.92. The van der Waals surface area contributed by atoms with Crippen molar-refractivity contribution in [1.82, 2.24) is 0 Å². The van der Waals surface area contributed by atoms with E-state index >= 15 is 0 Å². The third kappa shape index (κ3) is 2.50. The summed E-state index contributed by atoms with van der Waals surface area (Å²) in [7, 11) is 0. The Morgan fingerprint density at radius 1 is 1.13 bits per heavy atom. The third-order valence-corrected chi connectivity index (χ3v) is 2.15. The number of aliphatic imine (C=N–C) groups is 1. The standard InChI is InChI=1S/C13H11NO/c15-13-7-3-4-8-14-10-12-6-2-1-5-11(12)9-13/h1-6,8-10H,7H2. The van der Waals surface area contributed by atoms with E-state index < -0.39 is 0 Å². The Morgan fingerprint density at radius 2 is 1.93 bits per heavy atom. The highest BCUT2D eigenvalue weighted by Crippen LogP contribution is 1.88. The molecule has 0 amide bonds. The number of ketones is 1. The van der Waals surface area contributed by atoms with E-state index in [0.717, 1.165) is 10.4 Å². The lowest BCUT2D eigenvalue weighted by molar-refractivity contribution is -0.112. The van der Waals surface area contributed by atoms with E-state index in [1.54, 1.807) is 24.6 Å². The molecule has 0 atom stereocenters. The molecule has 15 heavy (non-hydrogen) atoms. The van der Waals surface area contributed by atoms with Crippen molar-refractivity contribution in [1.29, 1.82) is 0 Å². The highest BCUT2D eigenvalue weighted by atomic mass is 16.1. The molecule has 0 saturated carbocycles. The molecular weight excluding hydrogens is 186 g/mol. The minimum atomic E-state index is 0.113. The fraction of sp³-hybridized carbons (Fsp3) is 0.0769. The summed E-state index contributed by atoms with van der Waals surface area (Å²) < 4.78 is 0. The number of fused-ring (bicyclic) bond motifs is 1. The van der Waals surface area contributed by atoms with Gasteiger partial charge in [-0.2, -0.15) is 0 Å². The third-order valence-electron chi connectivity index (χ3n) is 2.15. The molecule has 0 spiro atoms. The van der Waals surface area contributed by atoms with E-state index in [2.05, 4.69) is 4.99 Å². The summed E-state index contributed by atoms with van der Waals surface area (Å²) in [4.78, 5) is 15.6. The molecule has 1 aromatic carbocycles. The number of carbonyl (C=O) groups is 1. The van der Waals surface area contributed by atoms with Gasteiger partial charge < -0.3 is 0 Å². The SMILES string of the molecule is O=C1C=c2ccccc2=CN=CC=CC1. The maximum Gasteiger partial charge on any atom is 0.160 e. The number of carbonyl (C=O) groups excluding carboxylic acids is 1. The topological polar surface area (TPSA) is 29.4 Å². The van der Waals surface area contributed by atoms with E-state index in [1.807, 2.05) is 30.3 Å². The molecule has 1 aliphatic rings. The van der Waals surface area contributed by atoms with Crippen LogP contribution in [0.5, 0.6) is 0 Å². The number of benzene rings is 1. The lowest BCUT2D eigenvalue weighted by atomic mass is 10.1. The Bertz CT molecular complexity index is 538. The Morgan fingerprint density at radius 3 is 2.80 bits per heavy atom. The number of Topliss-reactive ketones (excluding diaryl/α,β-unsaturated/α-hetero) is 1. The van der Waals surface area contributed by atoms with E-state index in [9.17, 15) is 4.79 Å². The molecule has 1 aromatic rings. The second kappa shape index (κ2) is 4.51. The van der Waals surface area contributed by atoms with Crippen LogP contribution in [0.15, 0.2) is 41.4 Å². The Kier molecular flexibility index (Phi) is 2.88. The molecule has 74 valence electrons. The number of rotatable bonds is 0. The summed E-state index contributed by atoms with van der Waals surface area (Å²) in [6.07, 6.45) is 9.14. The van der Waals surface area contributed by atoms with Crippen molar-refractivity contribution in [3.63, 3.8) is 0 Å². The van der Waals surface area contributed by atoms with Crippen LogP contribution in [0.4, 0.5) is 0 Å². The van der Waals surface area contributed by atoms with Crippen LogP contribution < -0.4 is 10.4 Å².